The van der Waals surface area contributed by atoms with Crippen molar-refractivity contribution in [1.82, 2.24) is 0 Å². The monoisotopic (exact) mass is 184 g/mol. The number of hydrogen-bond donors (Lipinski definition) is 1. The lowest BCUT2D eigenvalue weighted by Gasteiger charge is -2.44. The molecule has 0 aromatic carbocycles. The molecule has 1 fully saturated rings. The molecule has 0 saturated heterocycles. The SMILES string of the molecule is CC(C)(C)[C@@H]1CC[C@@H](O)C(C)(C)C1. The standard InChI is InChI=1S/C12H24O/c1-11(2,3)9-6-7-10(13)12(4,5)8-9/h9-10,13H,6-8H2,1-5H3/t9-,10-/m1/s1. The maximum atomic E-state index is 9.82. The predicted octanol–water partition coefficient (Wildman–Crippen LogP) is 3.22. The zero-order chi connectivity index (χ0) is 10.3. The average molecular weight is 184 g/mol. The summed E-state index contributed by atoms with van der Waals surface area (Å²) in [4.78, 5) is 0. The highest BCUT2D eigenvalue weighted by Crippen LogP contribution is 2.45. The summed E-state index contributed by atoms with van der Waals surface area (Å²) in [5, 5.41) is 9.82. The zero-order valence-corrected chi connectivity index (χ0v) is 9.72. The number of rotatable bonds is 0. The highest BCUT2D eigenvalue weighted by atomic mass is 16.3. The van der Waals surface area contributed by atoms with E-state index in [-0.39, 0.29) is 11.5 Å². The fourth-order valence-corrected chi connectivity index (χ4v) is 2.36. The van der Waals surface area contributed by atoms with Gasteiger partial charge in [0.05, 0.1) is 6.10 Å². The minimum Gasteiger partial charge on any atom is -0.393 e. The molecule has 0 heterocycles. The third-order valence-electron chi connectivity index (χ3n) is 3.69. The van der Waals surface area contributed by atoms with E-state index in [0.717, 1.165) is 18.8 Å². The van der Waals surface area contributed by atoms with Gasteiger partial charge in [-0.25, -0.2) is 0 Å². The second kappa shape index (κ2) is 3.27. The van der Waals surface area contributed by atoms with Crippen LogP contribution in [0.2, 0.25) is 0 Å². The van der Waals surface area contributed by atoms with E-state index in [2.05, 4.69) is 34.6 Å². The van der Waals surface area contributed by atoms with Gasteiger partial charge in [0.2, 0.25) is 0 Å². The van der Waals surface area contributed by atoms with Crippen LogP contribution in [-0.4, -0.2) is 11.2 Å². The van der Waals surface area contributed by atoms with E-state index in [1.807, 2.05) is 0 Å². The topological polar surface area (TPSA) is 20.2 Å². The lowest BCUT2D eigenvalue weighted by molar-refractivity contribution is -0.0305. The van der Waals surface area contributed by atoms with Crippen molar-refractivity contribution in [2.45, 2.75) is 60.0 Å². The number of aliphatic hydroxyl groups excluding tert-OH is 1. The first kappa shape index (κ1) is 11.0. The lowest BCUT2D eigenvalue weighted by atomic mass is 9.63. The summed E-state index contributed by atoms with van der Waals surface area (Å²) >= 11 is 0. The molecule has 0 radical (unpaired) electrons. The Bertz CT molecular complexity index is 176. The molecule has 0 unspecified atom stereocenters. The molecule has 0 aliphatic heterocycles. The smallest absolute Gasteiger partial charge is 0.0591 e. The molecule has 0 amide bonds. The Morgan fingerprint density at radius 1 is 1.15 bits per heavy atom. The Balaban J connectivity index is 2.66. The molecule has 0 aromatic heterocycles. The van der Waals surface area contributed by atoms with Crippen LogP contribution in [0.3, 0.4) is 0 Å². The van der Waals surface area contributed by atoms with Crippen molar-refractivity contribution in [3.05, 3.63) is 0 Å². The first-order valence-electron chi connectivity index (χ1n) is 5.41. The molecule has 1 saturated carbocycles. The Morgan fingerprint density at radius 3 is 2.08 bits per heavy atom. The highest BCUT2D eigenvalue weighted by Gasteiger charge is 2.39. The van der Waals surface area contributed by atoms with Gasteiger partial charge in [0.1, 0.15) is 0 Å². The van der Waals surface area contributed by atoms with Gasteiger partial charge in [-0.3, -0.25) is 0 Å². The van der Waals surface area contributed by atoms with Crippen molar-refractivity contribution >= 4 is 0 Å². The fraction of sp³-hybridized carbons (Fsp3) is 1.00. The molecule has 13 heavy (non-hydrogen) atoms. The first-order chi connectivity index (χ1) is 5.73. The second-order valence-electron chi connectivity index (χ2n) is 6.35. The summed E-state index contributed by atoms with van der Waals surface area (Å²) < 4.78 is 0. The molecule has 78 valence electrons. The third-order valence-corrected chi connectivity index (χ3v) is 3.69. The summed E-state index contributed by atoms with van der Waals surface area (Å²) in [6, 6.07) is 0. The lowest BCUT2D eigenvalue weighted by Crippen LogP contribution is -2.40. The van der Waals surface area contributed by atoms with Gasteiger partial charge in [-0.1, -0.05) is 34.6 Å². The molecule has 1 nitrogen and oxygen atoms in total. The third kappa shape index (κ3) is 2.46. The van der Waals surface area contributed by atoms with Gasteiger partial charge in [0, 0.05) is 0 Å². The van der Waals surface area contributed by atoms with Gasteiger partial charge in [-0.05, 0) is 36.0 Å². The minimum atomic E-state index is -0.0916. The van der Waals surface area contributed by atoms with Crippen LogP contribution in [-0.2, 0) is 0 Å². The Morgan fingerprint density at radius 2 is 1.69 bits per heavy atom. The van der Waals surface area contributed by atoms with E-state index in [9.17, 15) is 5.11 Å². The van der Waals surface area contributed by atoms with Crippen LogP contribution in [0.5, 0.6) is 0 Å². The number of hydrogen-bond acceptors (Lipinski definition) is 1. The first-order valence-corrected chi connectivity index (χ1v) is 5.41. The Labute approximate surface area is 82.5 Å². The van der Waals surface area contributed by atoms with E-state index in [0.29, 0.717) is 5.41 Å². The molecule has 0 bridgehead atoms. The van der Waals surface area contributed by atoms with Gasteiger partial charge in [-0.2, -0.15) is 0 Å². The van der Waals surface area contributed by atoms with Crippen molar-refractivity contribution < 1.29 is 5.11 Å². The van der Waals surface area contributed by atoms with Crippen LogP contribution in [0.4, 0.5) is 0 Å². The van der Waals surface area contributed by atoms with Gasteiger partial charge in [-0.15, -0.1) is 0 Å². The van der Waals surface area contributed by atoms with E-state index in [1.165, 1.54) is 6.42 Å². The molecular weight excluding hydrogens is 160 g/mol. The average Bonchev–Trinajstić information content (AvgIpc) is 1.92. The van der Waals surface area contributed by atoms with Gasteiger partial charge in [0.15, 0.2) is 0 Å². The summed E-state index contributed by atoms with van der Waals surface area (Å²) in [6.07, 6.45) is 3.24. The molecule has 2 atom stereocenters. The maximum Gasteiger partial charge on any atom is 0.0591 e. The van der Waals surface area contributed by atoms with Crippen molar-refractivity contribution in [3.8, 4) is 0 Å². The quantitative estimate of drug-likeness (QED) is 0.613. The largest absolute Gasteiger partial charge is 0.393 e. The zero-order valence-electron chi connectivity index (χ0n) is 9.72. The van der Waals surface area contributed by atoms with Crippen molar-refractivity contribution in [3.63, 3.8) is 0 Å². The predicted molar refractivity (Wildman–Crippen MR) is 56.6 cm³/mol. The molecule has 0 aromatic rings. The summed E-state index contributed by atoms with van der Waals surface area (Å²) in [7, 11) is 0. The van der Waals surface area contributed by atoms with Gasteiger partial charge >= 0.3 is 0 Å². The Hall–Kier alpha value is -0.0400. The second-order valence-corrected chi connectivity index (χ2v) is 6.35. The van der Waals surface area contributed by atoms with Crippen LogP contribution in [0, 0.1) is 16.7 Å². The molecule has 1 aliphatic rings. The fourth-order valence-electron chi connectivity index (χ4n) is 2.36. The molecule has 0 spiro atoms. The minimum absolute atomic E-state index is 0.0916. The summed E-state index contributed by atoms with van der Waals surface area (Å²) in [6.45, 7) is 11.3. The summed E-state index contributed by atoms with van der Waals surface area (Å²) in [5.41, 5.74) is 0.521. The normalized spacial score (nSPS) is 34.6. The molecule has 1 heteroatoms. The molecular formula is C12H24O. The van der Waals surface area contributed by atoms with E-state index in [1.54, 1.807) is 0 Å². The van der Waals surface area contributed by atoms with Gasteiger partial charge in [0.25, 0.3) is 0 Å². The van der Waals surface area contributed by atoms with Crippen LogP contribution in [0.25, 0.3) is 0 Å². The van der Waals surface area contributed by atoms with Crippen LogP contribution >= 0.6 is 0 Å². The highest BCUT2D eigenvalue weighted by molar-refractivity contribution is 4.90. The maximum absolute atomic E-state index is 9.82. The van der Waals surface area contributed by atoms with Crippen LogP contribution in [0.15, 0.2) is 0 Å². The van der Waals surface area contributed by atoms with E-state index >= 15 is 0 Å². The van der Waals surface area contributed by atoms with E-state index < -0.39 is 0 Å². The molecule has 1 rings (SSSR count). The van der Waals surface area contributed by atoms with Crippen molar-refractivity contribution in [2.24, 2.45) is 16.7 Å². The number of aliphatic hydroxyl groups is 1. The molecule has 1 aliphatic carbocycles. The molecule has 1 N–H and O–H groups in total. The van der Waals surface area contributed by atoms with Crippen molar-refractivity contribution in [2.75, 3.05) is 0 Å². The Kier molecular flexibility index (Phi) is 2.78. The van der Waals surface area contributed by atoms with Crippen molar-refractivity contribution in [1.29, 1.82) is 0 Å². The van der Waals surface area contributed by atoms with Gasteiger partial charge < -0.3 is 5.11 Å². The van der Waals surface area contributed by atoms with E-state index in [4.69, 9.17) is 0 Å². The van der Waals surface area contributed by atoms with Crippen LogP contribution in [0.1, 0.15) is 53.9 Å². The summed E-state index contributed by atoms with van der Waals surface area (Å²) in [5.74, 6) is 0.769. The van der Waals surface area contributed by atoms with Crippen LogP contribution < -0.4 is 0 Å².